The van der Waals surface area contributed by atoms with E-state index in [1.807, 2.05) is 13.0 Å². The molecule has 3 nitrogen and oxygen atoms in total. The topological polar surface area (TPSA) is 30.7 Å². The molecule has 0 saturated heterocycles. The molecule has 2 heterocycles. The van der Waals surface area contributed by atoms with Crippen molar-refractivity contribution in [2.75, 3.05) is 0 Å². The lowest BCUT2D eigenvalue weighted by Gasteiger charge is -2.10. The number of halogens is 3. The molecule has 18 heavy (non-hydrogen) atoms. The molecule has 0 fully saturated rings. The molecule has 2 aromatic rings. The van der Waals surface area contributed by atoms with Crippen LogP contribution in [0.15, 0.2) is 30.6 Å². The van der Waals surface area contributed by atoms with Crippen molar-refractivity contribution in [3.8, 4) is 11.4 Å². The standard InChI is InChI=1S/C12H12F3N3/c1-9-3-2-6-16-11(9)10-4-7-17-18(10)8-5-12(13,14)15/h2-4,6-7H,5,8H2,1H3. The van der Waals surface area contributed by atoms with Gasteiger partial charge < -0.3 is 0 Å². The Morgan fingerprint density at radius 1 is 1.22 bits per heavy atom. The number of alkyl halides is 3. The van der Waals surface area contributed by atoms with Gasteiger partial charge in [0.15, 0.2) is 0 Å². The van der Waals surface area contributed by atoms with Gasteiger partial charge in [0.25, 0.3) is 0 Å². The molecule has 0 aliphatic heterocycles. The van der Waals surface area contributed by atoms with Gasteiger partial charge in [0.2, 0.25) is 0 Å². The molecule has 0 N–H and O–H groups in total. The molecule has 2 rings (SSSR count). The van der Waals surface area contributed by atoms with Gasteiger partial charge in [-0.15, -0.1) is 0 Å². The first-order valence-corrected chi connectivity index (χ1v) is 5.48. The van der Waals surface area contributed by atoms with E-state index in [-0.39, 0.29) is 6.54 Å². The molecule has 0 bridgehead atoms. The first kappa shape index (κ1) is 12.6. The fraction of sp³-hybridized carbons (Fsp3) is 0.333. The van der Waals surface area contributed by atoms with Crippen LogP contribution < -0.4 is 0 Å². The summed E-state index contributed by atoms with van der Waals surface area (Å²) in [6.45, 7) is 1.67. The van der Waals surface area contributed by atoms with Crippen LogP contribution in [-0.2, 0) is 6.54 Å². The first-order chi connectivity index (χ1) is 8.47. The number of rotatable bonds is 3. The second kappa shape index (κ2) is 4.80. The van der Waals surface area contributed by atoms with Crippen molar-refractivity contribution < 1.29 is 13.2 Å². The van der Waals surface area contributed by atoms with E-state index in [2.05, 4.69) is 10.1 Å². The highest BCUT2D eigenvalue weighted by atomic mass is 19.4. The Bertz CT molecular complexity index is 531. The molecule has 6 heteroatoms. The zero-order valence-electron chi connectivity index (χ0n) is 9.78. The van der Waals surface area contributed by atoms with Gasteiger partial charge in [-0.05, 0) is 24.6 Å². The molecule has 0 radical (unpaired) electrons. The fourth-order valence-electron chi connectivity index (χ4n) is 1.70. The maximum atomic E-state index is 12.2. The lowest BCUT2D eigenvalue weighted by molar-refractivity contribution is -0.137. The Morgan fingerprint density at radius 2 is 2.00 bits per heavy atom. The molecule has 0 amide bonds. The Hall–Kier alpha value is -1.85. The van der Waals surface area contributed by atoms with E-state index in [1.165, 1.54) is 10.9 Å². The lowest BCUT2D eigenvalue weighted by atomic mass is 10.1. The van der Waals surface area contributed by atoms with Crippen LogP contribution >= 0.6 is 0 Å². The highest BCUT2D eigenvalue weighted by Crippen LogP contribution is 2.24. The summed E-state index contributed by atoms with van der Waals surface area (Å²) in [5, 5.41) is 3.91. The summed E-state index contributed by atoms with van der Waals surface area (Å²) in [5.41, 5.74) is 2.18. The molecule has 0 unspecified atom stereocenters. The number of aromatic nitrogens is 3. The lowest BCUT2D eigenvalue weighted by Crippen LogP contribution is -2.14. The largest absolute Gasteiger partial charge is 0.390 e. The van der Waals surface area contributed by atoms with Crippen LogP contribution in [0.4, 0.5) is 13.2 Å². The van der Waals surface area contributed by atoms with Gasteiger partial charge in [-0.2, -0.15) is 18.3 Å². The van der Waals surface area contributed by atoms with Gasteiger partial charge in [0, 0.05) is 12.4 Å². The second-order valence-electron chi connectivity index (χ2n) is 3.97. The average Bonchev–Trinajstić information content (AvgIpc) is 2.74. The molecular weight excluding hydrogens is 243 g/mol. The number of nitrogens with zero attached hydrogens (tertiary/aromatic N) is 3. The minimum absolute atomic E-state index is 0.193. The predicted octanol–water partition coefficient (Wildman–Crippen LogP) is 3.21. The van der Waals surface area contributed by atoms with Crippen LogP contribution in [-0.4, -0.2) is 20.9 Å². The minimum Gasteiger partial charge on any atom is -0.263 e. The third-order valence-electron chi connectivity index (χ3n) is 2.58. The van der Waals surface area contributed by atoms with E-state index in [0.717, 1.165) is 5.56 Å². The third kappa shape index (κ3) is 2.88. The van der Waals surface area contributed by atoms with Gasteiger partial charge >= 0.3 is 6.18 Å². The van der Waals surface area contributed by atoms with E-state index >= 15 is 0 Å². The van der Waals surface area contributed by atoms with Gasteiger partial charge in [-0.1, -0.05) is 6.07 Å². The van der Waals surface area contributed by atoms with Crippen LogP contribution in [0.5, 0.6) is 0 Å². The van der Waals surface area contributed by atoms with Crippen molar-refractivity contribution in [3.63, 3.8) is 0 Å². The zero-order chi connectivity index (χ0) is 13.2. The molecule has 0 aliphatic rings. The van der Waals surface area contributed by atoms with Crippen molar-refractivity contribution in [2.24, 2.45) is 0 Å². The molecule has 0 aromatic carbocycles. The van der Waals surface area contributed by atoms with E-state index in [9.17, 15) is 13.2 Å². The number of hydrogen-bond donors (Lipinski definition) is 0. The van der Waals surface area contributed by atoms with E-state index in [0.29, 0.717) is 11.4 Å². The zero-order valence-corrected chi connectivity index (χ0v) is 9.78. The Labute approximate surface area is 102 Å². The van der Waals surface area contributed by atoms with Gasteiger partial charge in [0.05, 0.1) is 24.4 Å². The van der Waals surface area contributed by atoms with Gasteiger partial charge in [0.1, 0.15) is 0 Å². The summed E-state index contributed by atoms with van der Waals surface area (Å²) in [6.07, 6.45) is -1.97. The highest BCUT2D eigenvalue weighted by molar-refractivity contribution is 5.58. The molecular formula is C12H12F3N3. The summed E-state index contributed by atoms with van der Waals surface area (Å²) in [7, 11) is 0. The molecule has 0 saturated carbocycles. The Morgan fingerprint density at radius 3 is 2.67 bits per heavy atom. The quantitative estimate of drug-likeness (QED) is 0.843. The van der Waals surface area contributed by atoms with Crippen molar-refractivity contribution >= 4 is 0 Å². The van der Waals surface area contributed by atoms with Gasteiger partial charge in [-0.25, -0.2) is 0 Å². The van der Waals surface area contributed by atoms with Crippen LogP contribution in [0.1, 0.15) is 12.0 Å². The summed E-state index contributed by atoms with van der Waals surface area (Å²) in [4.78, 5) is 4.18. The third-order valence-corrected chi connectivity index (χ3v) is 2.58. The van der Waals surface area contributed by atoms with Crippen LogP contribution in [0.25, 0.3) is 11.4 Å². The molecule has 0 aliphatic carbocycles. The van der Waals surface area contributed by atoms with Crippen molar-refractivity contribution in [3.05, 3.63) is 36.2 Å². The van der Waals surface area contributed by atoms with E-state index < -0.39 is 12.6 Å². The van der Waals surface area contributed by atoms with Crippen LogP contribution in [0.2, 0.25) is 0 Å². The van der Waals surface area contributed by atoms with E-state index in [1.54, 1.807) is 18.3 Å². The smallest absolute Gasteiger partial charge is 0.263 e. The van der Waals surface area contributed by atoms with E-state index in [4.69, 9.17) is 0 Å². The summed E-state index contributed by atoms with van der Waals surface area (Å²) in [5.74, 6) is 0. The average molecular weight is 255 g/mol. The molecule has 2 aromatic heterocycles. The molecule has 0 spiro atoms. The summed E-state index contributed by atoms with van der Waals surface area (Å²) >= 11 is 0. The maximum absolute atomic E-state index is 12.2. The SMILES string of the molecule is Cc1cccnc1-c1ccnn1CCC(F)(F)F. The summed E-state index contributed by atoms with van der Waals surface area (Å²) < 4.78 is 37.9. The fourth-order valence-corrected chi connectivity index (χ4v) is 1.70. The number of aryl methyl sites for hydroxylation is 2. The predicted molar refractivity (Wildman–Crippen MR) is 60.9 cm³/mol. The monoisotopic (exact) mass is 255 g/mol. The molecule has 0 atom stereocenters. The van der Waals surface area contributed by atoms with Crippen molar-refractivity contribution in [1.82, 2.24) is 14.8 Å². The number of hydrogen-bond acceptors (Lipinski definition) is 2. The minimum atomic E-state index is -4.18. The maximum Gasteiger partial charge on any atom is 0.390 e. The van der Waals surface area contributed by atoms with Gasteiger partial charge in [-0.3, -0.25) is 9.67 Å². The van der Waals surface area contributed by atoms with Crippen molar-refractivity contribution in [1.29, 1.82) is 0 Å². The number of pyridine rings is 1. The normalized spacial score (nSPS) is 11.8. The molecule has 96 valence electrons. The highest BCUT2D eigenvalue weighted by Gasteiger charge is 2.27. The Balaban J connectivity index is 2.26. The Kier molecular flexibility index (Phi) is 3.36. The summed E-state index contributed by atoms with van der Waals surface area (Å²) in [6, 6.07) is 5.32. The second-order valence-corrected chi connectivity index (χ2v) is 3.97. The first-order valence-electron chi connectivity index (χ1n) is 5.48. The van der Waals surface area contributed by atoms with Crippen LogP contribution in [0, 0.1) is 6.92 Å². The van der Waals surface area contributed by atoms with Crippen LogP contribution in [0.3, 0.4) is 0 Å². The van der Waals surface area contributed by atoms with Crippen molar-refractivity contribution in [2.45, 2.75) is 26.1 Å².